The smallest absolute Gasteiger partial charge is 0.308 e. The number of carbonyl (C=O) groups is 2. The highest BCUT2D eigenvalue weighted by Crippen LogP contribution is 2.35. The fourth-order valence-electron chi connectivity index (χ4n) is 2.87. The zero-order valence-electron chi connectivity index (χ0n) is 11.7. The molecule has 3 rings (SSSR count). The second-order valence-electron chi connectivity index (χ2n) is 5.46. The highest BCUT2D eigenvalue weighted by Gasteiger charge is 2.38. The van der Waals surface area contributed by atoms with Crippen LogP contribution in [0.15, 0.2) is 18.2 Å². The third-order valence-electron chi connectivity index (χ3n) is 4.01. The minimum absolute atomic E-state index is 0.0526. The van der Waals surface area contributed by atoms with Crippen molar-refractivity contribution >= 4 is 11.9 Å². The number of carbonyl (C=O) groups excluding carboxylic acids is 1. The lowest BCUT2D eigenvalue weighted by atomic mass is 9.99. The van der Waals surface area contributed by atoms with Crippen LogP contribution in [0.3, 0.4) is 0 Å². The first-order chi connectivity index (χ1) is 10.1. The second kappa shape index (κ2) is 5.27. The summed E-state index contributed by atoms with van der Waals surface area (Å²) in [5.41, 5.74) is 0.436. The van der Waals surface area contributed by atoms with Crippen molar-refractivity contribution in [2.75, 3.05) is 26.3 Å². The molecule has 0 spiro atoms. The van der Waals surface area contributed by atoms with Gasteiger partial charge in [-0.2, -0.15) is 0 Å². The lowest BCUT2D eigenvalue weighted by molar-refractivity contribution is -0.142. The molecule has 1 saturated heterocycles. The molecule has 0 bridgehead atoms. The van der Waals surface area contributed by atoms with Crippen molar-refractivity contribution in [2.24, 2.45) is 11.8 Å². The molecule has 2 aliphatic rings. The molecule has 0 aliphatic carbocycles. The van der Waals surface area contributed by atoms with Crippen molar-refractivity contribution in [1.82, 2.24) is 4.90 Å². The molecule has 6 nitrogen and oxygen atoms in total. The molecule has 1 aromatic carbocycles. The van der Waals surface area contributed by atoms with E-state index in [0.29, 0.717) is 36.8 Å². The zero-order chi connectivity index (χ0) is 15.0. The monoisotopic (exact) mass is 291 g/mol. The van der Waals surface area contributed by atoms with E-state index in [2.05, 4.69) is 0 Å². The summed E-state index contributed by atoms with van der Waals surface area (Å²) in [6.07, 6.45) is 0. The number of benzene rings is 1. The van der Waals surface area contributed by atoms with Crippen LogP contribution >= 0.6 is 0 Å². The molecule has 2 aliphatic heterocycles. The SMILES string of the molecule is CC1CN(C(=O)c2cccc3c2OCCO3)CC1C(=O)O. The number of aliphatic carboxylic acids is 1. The Kier molecular flexibility index (Phi) is 3.45. The Morgan fingerprint density at radius 1 is 1.24 bits per heavy atom. The van der Waals surface area contributed by atoms with E-state index >= 15 is 0 Å². The third-order valence-corrected chi connectivity index (χ3v) is 4.01. The number of nitrogens with zero attached hydrogens (tertiary/aromatic N) is 1. The van der Waals surface area contributed by atoms with E-state index in [1.54, 1.807) is 23.1 Å². The molecule has 0 aromatic heterocycles. The van der Waals surface area contributed by atoms with Crippen LogP contribution in [-0.2, 0) is 4.79 Å². The van der Waals surface area contributed by atoms with Gasteiger partial charge in [0.05, 0.1) is 11.5 Å². The summed E-state index contributed by atoms with van der Waals surface area (Å²) >= 11 is 0. The number of carboxylic acids is 1. The molecule has 6 heteroatoms. The number of amides is 1. The van der Waals surface area contributed by atoms with Crippen LogP contribution in [0.4, 0.5) is 0 Å². The molecule has 2 heterocycles. The predicted octanol–water partition coefficient (Wildman–Crippen LogP) is 1.25. The van der Waals surface area contributed by atoms with E-state index < -0.39 is 11.9 Å². The van der Waals surface area contributed by atoms with Gasteiger partial charge in [0, 0.05) is 13.1 Å². The predicted molar refractivity (Wildman–Crippen MR) is 73.6 cm³/mol. The van der Waals surface area contributed by atoms with Gasteiger partial charge in [-0.1, -0.05) is 13.0 Å². The van der Waals surface area contributed by atoms with Gasteiger partial charge in [-0.25, -0.2) is 0 Å². The van der Waals surface area contributed by atoms with Crippen molar-refractivity contribution < 1.29 is 24.2 Å². The normalized spacial score (nSPS) is 24.0. The zero-order valence-corrected chi connectivity index (χ0v) is 11.7. The number of para-hydroxylation sites is 1. The third kappa shape index (κ3) is 2.41. The van der Waals surface area contributed by atoms with Crippen LogP contribution in [0.25, 0.3) is 0 Å². The summed E-state index contributed by atoms with van der Waals surface area (Å²) in [7, 11) is 0. The Labute approximate surface area is 122 Å². The maximum absolute atomic E-state index is 12.6. The fraction of sp³-hybridized carbons (Fsp3) is 0.467. The summed E-state index contributed by atoms with van der Waals surface area (Å²) in [4.78, 5) is 25.4. The number of carboxylic acid groups (broad SMARTS) is 1. The van der Waals surface area contributed by atoms with Gasteiger partial charge in [0.25, 0.3) is 5.91 Å². The molecule has 112 valence electrons. The summed E-state index contributed by atoms with van der Waals surface area (Å²) in [5.74, 6) is -0.594. The molecule has 2 atom stereocenters. The molecule has 0 radical (unpaired) electrons. The van der Waals surface area contributed by atoms with Gasteiger partial charge >= 0.3 is 5.97 Å². The van der Waals surface area contributed by atoms with E-state index in [1.165, 1.54) is 0 Å². The molecule has 21 heavy (non-hydrogen) atoms. The maximum Gasteiger partial charge on any atom is 0.308 e. The summed E-state index contributed by atoms with van der Waals surface area (Å²) in [6, 6.07) is 5.20. The van der Waals surface area contributed by atoms with Gasteiger partial charge in [0.2, 0.25) is 0 Å². The van der Waals surface area contributed by atoms with Crippen LogP contribution in [0.5, 0.6) is 11.5 Å². The van der Waals surface area contributed by atoms with Crippen LogP contribution < -0.4 is 9.47 Å². The molecular formula is C15H17NO5. The van der Waals surface area contributed by atoms with Crippen LogP contribution in [0, 0.1) is 11.8 Å². The quantitative estimate of drug-likeness (QED) is 0.887. The van der Waals surface area contributed by atoms with Gasteiger partial charge in [0.15, 0.2) is 11.5 Å². The van der Waals surface area contributed by atoms with Crippen molar-refractivity contribution in [3.8, 4) is 11.5 Å². The van der Waals surface area contributed by atoms with Crippen molar-refractivity contribution in [1.29, 1.82) is 0 Å². The van der Waals surface area contributed by atoms with E-state index in [0.717, 1.165) is 0 Å². The Morgan fingerprint density at radius 3 is 2.71 bits per heavy atom. The maximum atomic E-state index is 12.6. The van der Waals surface area contributed by atoms with Gasteiger partial charge in [-0.05, 0) is 18.1 Å². The van der Waals surface area contributed by atoms with Crippen molar-refractivity contribution in [3.05, 3.63) is 23.8 Å². The lowest BCUT2D eigenvalue weighted by Gasteiger charge is -2.23. The van der Waals surface area contributed by atoms with E-state index in [1.807, 2.05) is 6.92 Å². The van der Waals surface area contributed by atoms with Gasteiger partial charge in [0.1, 0.15) is 13.2 Å². The van der Waals surface area contributed by atoms with Crippen LogP contribution in [-0.4, -0.2) is 48.2 Å². The van der Waals surface area contributed by atoms with E-state index in [-0.39, 0.29) is 18.4 Å². The molecule has 0 saturated carbocycles. The highest BCUT2D eigenvalue weighted by atomic mass is 16.6. The number of rotatable bonds is 2. The number of fused-ring (bicyclic) bond motifs is 1. The molecule has 1 amide bonds. The highest BCUT2D eigenvalue weighted by molar-refractivity contribution is 5.98. The fourth-order valence-corrected chi connectivity index (χ4v) is 2.87. The minimum Gasteiger partial charge on any atom is -0.486 e. The van der Waals surface area contributed by atoms with Gasteiger partial charge in [-0.15, -0.1) is 0 Å². The first kappa shape index (κ1) is 13.7. The number of likely N-dealkylation sites (tertiary alicyclic amines) is 1. The van der Waals surface area contributed by atoms with Crippen LogP contribution in [0.2, 0.25) is 0 Å². The Morgan fingerprint density at radius 2 is 2.00 bits per heavy atom. The van der Waals surface area contributed by atoms with E-state index in [4.69, 9.17) is 14.6 Å². The first-order valence-corrected chi connectivity index (χ1v) is 6.98. The number of hydrogen-bond acceptors (Lipinski definition) is 4. The Balaban J connectivity index is 1.85. The summed E-state index contributed by atoms with van der Waals surface area (Å²) in [6.45, 7) is 3.41. The van der Waals surface area contributed by atoms with Crippen molar-refractivity contribution in [3.63, 3.8) is 0 Å². The molecule has 1 fully saturated rings. The number of hydrogen-bond donors (Lipinski definition) is 1. The molecular weight excluding hydrogens is 274 g/mol. The standard InChI is InChI=1S/C15H17NO5/c1-9-7-16(8-11(9)15(18)19)14(17)10-3-2-4-12-13(10)21-6-5-20-12/h2-4,9,11H,5-8H2,1H3,(H,18,19). The first-order valence-electron chi connectivity index (χ1n) is 6.98. The molecule has 2 unspecified atom stereocenters. The summed E-state index contributed by atoms with van der Waals surface area (Å²) < 4.78 is 11.0. The van der Waals surface area contributed by atoms with Gasteiger partial charge in [-0.3, -0.25) is 9.59 Å². The average molecular weight is 291 g/mol. The topological polar surface area (TPSA) is 76.1 Å². The largest absolute Gasteiger partial charge is 0.486 e. The minimum atomic E-state index is -0.854. The van der Waals surface area contributed by atoms with E-state index in [9.17, 15) is 9.59 Å². The second-order valence-corrected chi connectivity index (χ2v) is 5.46. The Hall–Kier alpha value is -2.24. The molecule has 1 aromatic rings. The Bertz CT molecular complexity index is 585. The lowest BCUT2D eigenvalue weighted by Crippen LogP contribution is -2.31. The van der Waals surface area contributed by atoms with Crippen molar-refractivity contribution in [2.45, 2.75) is 6.92 Å². The summed E-state index contributed by atoms with van der Waals surface area (Å²) in [5, 5.41) is 9.16. The molecule has 1 N–H and O–H groups in total. The number of ether oxygens (including phenoxy) is 2. The average Bonchev–Trinajstić information content (AvgIpc) is 2.88. The van der Waals surface area contributed by atoms with Crippen LogP contribution in [0.1, 0.15) is 17.3 Å². The van der Waals surface area contributed by atoms with Gasteiger partial charge < -0.3 is 19.5 Å².